The number of rotatable bonds is 4. The number of benzene rings is 2. The monoisotopic (exact) mass is 412 g/mol. The fraction of sp³-hybridized carbons (Fsp3) is 0.391. The molecule has 2 aromatic rings. The number of amides is 1. The van der Waals surface area contributed by atoms with Crippen LogP contribution in [0.15, 0.2) is 36.4 Å². The number of hydrogen-bond donors (Lipinski definition) is 2. The Balaban J connectivity index is 1.99. The zero-order valence-electron chi connectivity index (χ0n) is 16.8. The van der Waals surface area contributed by atoms with Crippen LogP contribution >= 0.6 is 11.6 Å². The Labute approximate surface area is 176 Å². The predicted octanol–water partition coefficient (Wildman–Crippen LogP) is 3.49. The van der Waals surface area contributed by atoms with E-state index in [4.69, 9.17) is 11.6 Å². The number of hydrogen-bond acceptors (Lipinski definition) is 4. The van der Waals surface area contributed by atoms with Crippen LogP contribution in [0, 0.1) is 11.3 Å². The van der Waals surface area contributed by atoms with Crippen molar-refractivity contribution < 1.29 is 15.0 Å². The highest BCUT2D eigenvalue weighted by molar-refractivity contribution is 6.31. The first kappa shape index (κ1) is 21.3. The summed E-state index contributed by atoms with van der Waals surface area (Å²) in [6, 6.07) is 12.1. The fourth-order valence-electron chi connectivity index (χ4n) is 4.25. The molecule has 2 N–H and O–H groups in total. The summed E-state index contributed by atoms with van der Waals surface area (Å²) >= 11 is 6.25. The molecule has 5 nitrogen and oxygen atoms in total. The van der Waals surface area contributed by atoms with Gasteiger partial charge in [-0.2, -0.15) is 5.26 Å². The Morgan fingerprint density at radius 3 is 2.62 bits per heavy atom. The van der Waals surface area contributed by atoms with Crippen molar-refractivity contribution in [3.05, 3.63) is 69.2 Å². The summed E-state index contributed by atoms with van der Waals surface area (Å²) in [7, 11) is 0. The normalized spacial score (nSPS) is 18.9. The van der Waals surface area contributed by atoms with Crippen LogP contribution in [0.25, 0.3) is 0 Å². The van der Waals surface area contributed by atoms with E-state index in [9.17, 15) is 20.3 Å². The van der Waals surface area contributed by atoms with E-state index in [0.29, 0.717) is 22.6 Å². The molecule has 1 aliphatic heterocycles. The van der Waals surface area contributed by atoms with Crippen LogP contribution in [0.3, 0.4) is 0 Å². The molecule has 152 valence electrons. The van der Waals surface area contributed by atoms with Crippen LogP contribution in [0.5, 0.6) is 0 Å². The topological polar surface area (TPSA) is 84.6 Å². The van der Waals surface area contributed by atoms with Crippen molar-refractivity contribution in [1.29, 1.82) is 5.26 Å². The van der Waals surface area contributed by atoms with E-state index in [1.807, 2.05) is 25.1 Å². The summed E-state index contributed by atoms with van der Waals surface area (Å²) in [5, 5.41) is 30.3. The molecule has 0 saturated heterocycles. The second kappa shape index (κ2) is 8.16. The first-order valence-corrected chi connectivity index (χ1v) is 10.0. The molecule has 0 radical (unpaired) electrons. The highest BCUT2D eigenvalue weighted by Gasteiger charge is 2.37. The van der Waals surface area contributed by atoms with Crippen molar-refractivity contribution in [3.63, 3.8) is 0 Å². The average Bonchev–Trinajstić information content (AvgIpc) is 2.67. The molecule has 0 saturated carbocycles. The van der Waals surface area contributed by atoms with Gasteiger partial charge in [-0.05, 0) is 61.6 Å². The van der Waals surface area contributed by atoms with E-state index in [1.54, 1.807) is 36.9 Å². The van der Waals surface area contributed by atoms with E-state index in [1.165, 1.54) is 0 Å². The SMILES string of the molecule is C[C@H]1c2cccc(C(C)(C)O)c2C[C@H](CO)N1C(=O)Cc1c(Cl)cccc1C#N. The lowest BCUT2D eigenvalue weighted by atomic mass is 9.81. The Kier molecular flexibility index (Phi) is 6.00. The molecule has 1 aliphatic rings. The molecule has 0 aliphatic carbocycles. The van der Waals surface area contributed by atoms with Crippen molar-refractivity contribution in [2.24, 2.45) is 0 Å². The first-order chi connectivity index (χ1) is 13.7. The summed E-state index contributed by atoms with van der Waals surface area (Å²) < 4.78 is 0. The summed E-state index contributed by atoms with van der Waals surface area (Å²) in [5.41, 5.74) is 2.61. The molecule has 6 heteroatoms. The number of aliphatic hydroxyl groups is 2. The molecule has 2 aromatic carbocycles. The Bertz CT molecular complexity index is 975. The van der Waals surface area contributed by atoms with Gasteiger partial charge < -0.3 is 15.1 Å². The fourth-order valence-corrected chi connectivity index (χ4v) is 4.50. The van der Waals surface area contributed by atoms with Gasteiger partial charge in [-0.15, -0.1) is 0 Å². The number of nitriles is 1. The third kappa shape index (κ3) is 4.02. The zero-order valence-corrected chi connectivity index (χ0v) is 17.6. The lowest BCUT2D eigenvalue weighted by Gasteiger charge is -2.43. The maximum atomic E-state index is 13.3. The molecule has 1 amide bonds. The number of fused-ring (bicyclic) bond motifs is 1. The van der Waals surface area contributed by atoms with Gasteiger partial charge >= 0.3 is 0 Å². The van der Waals surface area contributed by atoms with Gasteiger partial charge in [-0.3, -0.25) is 4.79 Å². The number of nitrogens with zero attached hydrogens (tertiary/aromatic N) is 2. The molecule has 2 atom stereocenters. The maximum absolute atomic E-state index is 13.3. The minimum Gasteiger partial charge on any atom is -0.394 e. The van der Waals surface area contributed by atoms with Crippen LogP contribution < -0.4 is 0 Å². The second-order valence-corrected chi connectivity index (χ2v) is 8.41. The Morgan fingerprint density at radius 2 is 2.00 bits per heavy atom. The van der Waals surface area contributed by atoms with Crippen LogP contribution in [0.4, 0.5) is 0 Å². The predicted molar refractivity (Wildman–Crippen MR) is 111 cm³/mol. The quantitative estimate of drug-likeness (QED) is 0.805. The third-order valence-electron chi connectivity index (χ3n) is 5.64. The summed E-state index contributed by atoms with van der Waals surface area (Å²) in [5.74, 6) is -0.194. The van der Waals surface area contributed by atoms with Crippen LogP contribution in [0.2, 0.25) is 5.02 Å². The van der Waals surface area contributed by atoms with Crippen molar-refractivity contribution in [3.8, 4) is 6.07 Å². The zero-order chi connectivity index (χ0) is 21.3. The number of carbonyl (C=O) groups excluding carboxylic acids is 1. The number of carbonyl (C=O) groups is 1. The number of aliphatic hydroxyl groups excluding tert-OH is 1. The van der Waals surface area contributed by atoms with E-state index in [-0.39, 0.29) is 25.0 Å². The second-order valence-electron chi connectivity index (χ2n) is 8.00. The van der Waals surface area contributed by atoms with Gasteiger partial charge in [0.05, 0.1) is 42.3 Å². The Morgan fingerprint density at radius 1 is 1.31 bits per heavy atom. The van der Waals surface area contributed by atoms with E-state index >= 15 is 0 Å². The highest BCUT2D eigenvalue weighted by Crippen LogP contribution is 2.38. The standard InChI is InChI=1S/C23H25ClN2O3/c1-14-17-7-5-8-20(23(2,3)29)19(17)10-16(13-27)26(14)22(28)11-18-15(12-25)6-4-9-21(18)24/h4-9,14,16,27,29H,10-11,13H2,1-3H3/t14-,16+/m0/s1. The summed E-state index contributed by atoms with van der Waals surface area (Å²) in [4.78, 5) is 14.9. The molecular formula is C23H25ClN2O3. The molecule has 0 fully saturated rings. The lowest BCUT2D eigenvalue weighted by molar-refractivity contribution is -0.137. The molecule has 3 rings (SSSR count). The van der Waals surface area contributed by atoms with Gasteiger partial charge in [0, 0.05) is 5.02 Å². The lowest BCUT2D eigenvalue weighted by Crippen LogP contribution is -2.49. The average molecular weight is 413 g/mol. The summed E-state index contributed by atoms with van der Waals surface area (Å²) in [6.07, 6.45) is 0.444. The molecule has 0 spiro atoms. The van der Waals surface area contributed by atoms with Crippen molar-refractivity contribution in [2.75, 3.05) is 6.61 Å². The largest absolute Gasteiger partial charge is 0.394 e. The molecule has 0 unspecified atom stereocenters. The molecule has 0 aromatic heterocycles. The van der Waals surface area contributed by atoms with Crippen LogP contribution in [0.1, 0.15) is 54.6 Å². The van der Waals surface area contributed by atoms with E-state index in [0.717, 1.165) is 16.7 Å². The minimum absolute atomic E-state index is 0.01000. The highest BCUT2D eigenvalue weighted by atomic mass is 35.5. The maximum Gasteiger partial charge on any atom is 0.227 e. The van der Waals surface area contributed by atoms with Gasteiger partial charge in [-0.1, -0.05) is 35.9 Å². The van der Waals surface area contributed by atoms with Crippen molar-refractivity contribution >= 4 is 17.5 Å². The molecule has 1 heterocycles. The van der Waals surface area contributed by atoms with Crippen molar-refractivity contribution in [1.82, 2.24) is 4.90 Å². The minimum atomic E-state index is -1.02. The molecule has 0 bridgehead atoms. The summed E-state index contributed by atoms with van der Waals surface area (Å²) in [6.45, 7) is 5.20. The third-order valence-corrected chi connectivity index (χ3v) is 5.99. The van der Waals surface area contributed by atoms with E-state index < -0.39 is 11.6 Å². The van der Waals surface area contributed by atoms with Gasteiger partial charge in [0.1, 0.15) is 0 Å². The Hall–Kier alpha value is -2.39. The van der Waals surface area contributed by atoms with Gasteiger partial charge in [0.15, 0.2) is 0 Å². The van der Waals surface area contributed by atoms with Gasteiger partial charge in [0.2, 0.25) is 5.91 Å². The smallest absolute Gasteiger partial charge is 0.227 e. The van der Waals surface area contributed by atoms with Gasteiger partial charge in [0.25, 0.3) is 0 Å². The molecule has 29 heavy (non-hydrogen) atoms. The van der Waals surface area contributed by atoms with E-state index in [2.05, 4.69) is 6.07 Å². The van der Waals surface area contributed by atoms with Crippen molar-refractivity contribution in [2.45, 2.75) is 51.3 Å². The molecular weight excluding hydrogens is 388 g/mol. The number of halogens is 1. The van der Waals surface area contributed by atoms with Crippen LogP contribution in [-0.4, -0.2) is 33.7 Å². The first-order valence-electron chi connectivity index (χ1n) is 9.63. The van der Waals surface area contributed by atoms with Crippen LogP contribution in [-0.2, 0) is 23.2 Å². The van der Waals surface area contributed by atoms with Gasteiger partial charge in [-0.25, -0.2) is 0 Å².